The summed E-state index contributed by atoms with van der Waals surface area (Å²) in [6, 6.07) is 0.527. The molecule has 2 atom stereocenters. The summed E-state index contributed by atoms with van der Waals surface area (Å²) in [5, 5.41) is 6.52. The number of guanidine groups is 1. The number of rotatable bonds is 4. The van der Waals surface area contributed by atoms with Crippen molar-refractivity contribution >= 4 is 29.9 Å². The Morgan fingerprint density at radius 3 is 2.57 bits per heavy atom. The summed E-state index contributed by atoms with van der Waals surface area (Å²) in [6.45, 7) is 1.98. The molecule has 0 aromatic heterocycles. The molecule has 0 aliphatic carbocycles. The first-order valence-corrected chi connectivity index (χ1v) is 7.84. The highest BCUT2D eigenvalue weighted by Gasteiger charge is 2.34. The molecule has 2 fully saturated rings. The van der Waals surface area contributed by atoms with Crippen molar-refractivity contribution in [2.24, 2.45) is 4.99 Å². The molecule has 2 aliphatic rings. The average molecular weight is 449 g/mol. The summed E-state index contributed by atoms with van der Waals surface area (Å²) in [5.74, 6) is 0.680. The summed E-state index contributed by atoms with van der Waals surface area (Å²) in [5.41, 5.74) is 0. The maximum absolute atomic E-state index is 12.4. The molecule has 0 aromatic rings. The molecule has 2 aliphatic heterocycles. The van der Waals surface area contributed by atoms with Crippen LogP contribution in [0.1, 0.15) is 19.3 Å². The third-order valence-corrected chi connectivity index (χ3v) is 4.42. The minimum absolute atomic E-state index is 0. The van der Waals surface area contributed by atoms with E-state index in [1.54, 1.807) is 7.05 Å². The van der Waals surface area contributed by atoms with Crippen LogP contribution in [-0.4, -0.2) is 80.8 Å². The predicted octanol–water partition coefficient (Wildman–Crippen LogP) is 1.50. The van der Waals surface area contributed by atoms with Crippen LogP contribution in [0.5, 0.6) is 0 Å². The predicted molar refractivity (Wildman–Crippen MR) is 96.5 cm³/mol. The highest BCUT2D eigenvalue weighted by atomic mass is 127. The minimum atomic E-state index is -4.12. The van der Waals surface area contributed by atoms with E-state index in [0.29, 0.717) is 31.5 Å². The Kier molecular flexibility index (Phi) is 8.36. The molecule has 0 saturated carbocycles. The molecule has 2 heterocycles. The number of nitrogens with one attached hydrogen (secondary N) is 2. The summed E-state index contributed by atoms with van der Waals surface area (Å²) >= 11 is 0. The van der Waals surface area contributed by atoms with Gasteiger partial charge in [0.25, 0.3) is 0 Å². The summed E-state index contributed by atoms with van der Waals surface area (Å²) in [7, 11) is 3.80. The zero-order valence-corrected chi connectivity index (χ0v) is 16.0. The Morgan fingerprint density at radius 2 is 2.00 bits per heavy atom. The zero-order chi connectivity index (χ0) is 16.2. The van der Waals surface area contributed by atoms with E-state index in [0.717, 1.165) is 13.1 Å². The first-order valence-electron chi connectivity index (χ1n) is 7.84. The van der Waals surface area contributed by atoms with Gasteiger partial charge in [-0.25, -0.2) is 0 Å². The SMILES string of the molecule is CN=C(NCC1CCCN1C)NC1CCN(CC(F)(F)F)C1.I. The third kappa shape index (κ3) is 7.00. The van der Waals surface area contributed by atoms with Gasteiger partial charge in [-0.2, -0.15) is 13.2 Å². The summed E-state index contributed by atoms with van der Waals surface area (Å²) in [6.07, 6.45) is -1.03. The van der Waals surface area contributed by atoms with Crippen molar-refractivity contribution in [3.63, 3.8) is 0 Å². The van der Waals surface area contributed by atoms with Gasteiger partial charge < -0.3 is 15.5 Å². The molecule has 0 spiro atoms. The van der Waals surface area contributed by atoms with Gasteiger partial charge in [0.2, 0.25) is 0 Å². The Hall–Kier alpha value is -0.290. The van der Waals surface area contributed by atoms with Crippen LogP contribution in [0.4, 0.5) is 13.2 Å². The quantitative estimate of drug-likeness (QED) is 0.388. The van der Waals surface area contributed by atoms with Gasteiger partial charge >= 0.3 is 6.18 Å². The van der Waals surface area contributed by atoms with E-state index in [1.807, 2.05) is 0 Å². The molecule has 2 saturated heterocycles. The van der Waals surface area contributed by atoms with Gasteiger partial charge in [-0.3, -0.25) is 9.89 Å². The minimum Gasteiger partial charge on any atom is -0.355 e. The summed E-state index contributed by atoms with van der Waals surface area (Å²) < 4.78 is 37.2. The standard InChI is InChI=1S/C14H26F3N5.HI/c1-18-13(19-8-12-4-3-6-21(12)2)20-11-5-7-22(9-11)10-14(15,16)17;/h11-12H,3-10H2,1-2H3,(H2,18,19,20);1H. The van der Waals surface area contributed by atoms with Crippen molar-refractivity contribution in [3.8, 4) is 0 Å². The van der Waals surface area contributed by atoms with E-state index in [2.05, 4.69) is 27.6 Å². The van der Waals surface area contributed by atoms with Crippen molar-refractivity contribution < 1.29 is 13.2 Å². The van der Waals surface area contributed by atoms with E-state index in [9.17, 15) is 13.2 Å². The molecule has 0 amide bonds. The van der Waals surface area contributed by atoms with Crippen LogP contribution in [0.2, 0.25) is 0 Å². The monoisotopic (exact) mass is 449 g/mol. The molecule has 9 heteroatoms. The maximum atomic E-state index is 12.4. The van der Waals surface area contributed by atoms with Crippen LogP contribution >= 0.6 is 24.0 Å². The number of likely N-dealkylation sites (tertiary alicyclic amines) is 2. The van der Waals surface area contributed by atoms with E-state index in [-0.39, 0.29) is 30.0 Å². The lowest BCUT2D eigenvalue weighted by atomic mass is 10.2. The molecule has 2 unspecified atom stereocenters. The van der Waals surface area contributed by atoms with Crippen molar-refractivity contribution in [2.45, 2.75) is 37.5 Å². The van der Waals surface area contributed by atoms with Gasteiger partial charge in [0.1, 0.15) is 0 Å². The molecular weight excluding hydrogens is 422 g/mol. The Labute approximate surface area is 153 Å². The number of nitrogens with zero attached hydrogens (tertiary/aromatic N) is 3. The smallest absolute Gasteiger partial charge is 0.355 e. The number of aliphatic imine (C=N–C) groups is 1. The molecule has 0 bridgehead atoms. The van der Waals surface area contributed by atoms with Gasteiger partial charge in [0, 0.05) is 38.8 Å². The third-order valence-electron chi connectivity index (χ3n) is 4.42. The van der Waals surface area contributed by atoms with Crippen LogP contribution < -0.4 is 10.6 Å². The first kappa shape index (κ1) is 20.8. The Bertz CT molecular complexity index is 391. The molecule has 23 heavy (non-hydrogen) atoms. The van der Waals surface area contributed by atoms with Crippen LogP contribution in [0.3, 0.4) is 0 Å². The van der Waals surface area contributed by atoms with Crippen molar-refractivity contribution in [2.75, 3.05) is 46.8 Å². The normalized spacial score (nSPS) is 27.1. The maximum Gasteiger partial charge on any atom is 0.401 e. The largest absolute Gasteiger partial charge is 0.401 e. The molecule has 2 rings (SSSR count). The lowest BCUT2D eigenvalue weighted by Gasteiger charge is -2.23. The fraction of sp³-hybridized carbons (Fsp3) is 0.929. The van der Waals surface area contributed by atoms with Crippen LogP contribution in [0, 0.1) is 0 Å². The highest BCUT2D eigenvalue weighted by Crippen LogP contribution is 2.20. The molecule has 0 aromatic carbocycles. The molecule has 0 radical (unpaired) electrons. The van der Waals surface area contributed by atoms with Gasteiger partial charge in [0.05, 0.1) is 6.54 Å². The van der Waals surface area contributed by atoms with E-state index in [1.165, 1.54) is 17.7 Å². The van der Waals surface area contributed by atoms with Gasteiger partial charge in [-0.1, -0.05) is 0 Å². The van der Waals surface area contributed by atoms with Crippen molar-refractivity contribution in [1.82, 2.24) is 20.4 Å². The van der Waals surface area contributed by atoms with Crippen LogP contribution in [-0.2, 0) is 0 Å². The van der Waals surface area contributed by atoms with Crippen molar-refractivity contribution in [3.05, 3.63) is 0 Å². The lowest BCUT2D eigenvalue weighted by Crippen LogP contribution is -2.48. The Balaban J connectivity index is 0.00000264. The fourth-order valence-electron chi connectivity index (χ4n) is 3.19. The number of likely N-dealkylation sites (N-methyl/N-ethyl adjacent to an activating group) is 1. The van der Waals surface area contributed by atoms with E-state index >= 15 is 0 Å². The van der Waals surface area contributed by atoms with Crippen LogP contribution in [0.25, 0.3) is 0 Å². The molecule has 2 N–H and O–H groups in total. The average Bonchev–Trinajstić information content (AvgIpc) is 3.02. The Morgan fingerprint density at radius 1 is 1.26 bits per heavy atom. The second kappa shape index (κ2) is 9.26. The van der Waals surface area contributed by atoms with Crippen molar-refractivity contribution in [1.29, 1.82) is 0 Å². The molecular formula is C14H27F3IN5. The van der Waals surface area contributed by atoms with Crippen LogP contribution in [0.15, 0.2) is 4.99 Å². The molecule has 5 nitrogen and oxygen atoms in total. The number of alkyl halides is 3. The lowest BCUT2D eigenvalue weighted by molar-refractivity contribution is -0.143. The topological polar surface area (TPSA) is 42.9 Å². The second-order valence-corrected chi connectivity index (χ2v) is 6.21. The van der Waals surface area contributed by atoms with Gasteiger partial charge in [-0.15, -0.1) is 24.0 Å². The first-order chi connectivity index (χ1) is 10.4. The van der Waals surface area contributed by atoms with Gasteiger partial charge in [0.15, 0.2) is 5.96 Å². The molecule has 136 valence electrons. The van der Waals surface area contributed by atoms with E-state index < -0.39 is 12.7 Å². The number of halogens is 4. The number of hydrogen-bond donors (Lipinski definition) is 2. The zero-order valence-electron chi connectivity index (χ0n) is 13.7. The second-order valence-electron chi connectivity index (χ2n) is 6.21. The van der Waals surface area contributed by atoms with E-state index in [4.69, 9.17) is 0 Å². The highest BCUT2D eigenvalue weighted by molar-refractivity contribution is 14.0. The number of hydrogen-bond acceptors (Lipinski definition) is 3. The fourth-order valence-corrected chi connectivity index (χ4v) is 3.19. The summed E-state index contributed by atoms with van der Waals surface area (Å²) in [4.78, 5) is 7.93. The van der Waals surface area contributed by atoms with Gasteiger partial charge in [-0.05, 0) is 32.9 Å².